The molecule has 0 aliphatic rings. The van der Waals surface area contributed by atoms with Crippen LogP contribution >= 0.6 is 12.6 Å². The number of carboxylic acids is 1. The zero-order valence-corrected chi connectivity index (χ0v) is 12.8. The van der Waals surface area contributed by atoms with Gasteiger partial charge in [-0.25, -0.2) is 9.78 Å². The molecule has 5 N–H and O–H groups in total. The van der Waals surface area contributed by atoms with Gasteiger partial charge >= 0.3 is 5.97 Å². The topological polar surface area (TPSA) is 151 Å². The van der Waals surface area contributed by atoms with Crippen LogP contribution in [0.1, 0.15) is 18.5 Å². The van der Waals surface area contributed by atoms with Crippen LogP contribution in [-0.4, -0.2) is 50.8 Å². The highest BCUT2D eigenvalue weighted by Crippen LogP contribution is 2.20. The van der Waals surface area contributed by atoms with Crippen LogP contribution in [0.2, 0.25) is 0 Å². The number of H-pyrrole nitrogens is 1. The van der Waals surface area contributed by atoms with Crippen LogP contribution < -0.4 is 11.1 Å². The second-order valence-corrected chi connectivity index (χ2v) is 5.12. The van der Waals surface area contributed by atoms with Crippen molar-refractivity contribution >= 4 is 24.5 Å². The molecule has 2 atom stereocenters. The van der Waals surface area contributed by atoms with E-state index in [9.17, 15) is 19.6 Å². The summed E-state index contributed by atoms with van der Waals surface area (Å²) in [5, 5.41) is 14.4. The molecular weight excluding hydrogens is 310 g/mol. The van der Waals surface area contributed by atoms with Gasteiger partial charge in [0.05, 0.1) is 12.0 Å². The van der Waals surface area contributed by atoms with E-state index in [0.29, 0.717) is 12.1 Å². The van der Waals surface area contributed by atoms with Gasteiger partial charge in [0, 0.05) is 18.4 Å². The van der Waals surface area contributed by atoms with Crippen LogP contribution in [0.15, 0.2) is 17.7 Å². The number of nitroso groups, excluding NO2 is 1. The lowest BCUT2D eigenvalue weighted by atomic mass is 9.94. The number of nitrogens with two attached hydrogens (primary N) is 1. The molecule has 0 aliphatic heterocycles. The largest absolute Gasteiger partial charge is 0.480 e. The Hall–Kier alpha value is -1.94. The molecule has 0 aliphatic carbocycles. The number of imidazole rings is 1. The summed E-state index contributed by atoms with van der Waals surface area (Å²) in [5.74, 6) is -2.13. The van der Waals surface area contributed by atoms with Gasteiger partial charge in [-0.2, -0.15) is 12.6 Å². The standard InChI is InChI=1S/C12H19N5O4S/c13-3-1-2-12(6-22,17-21)11(20)16-9(10(18)19)4-8-5-14-7-15-8/h5,7,9,22H,1-4,6,13H2,(H,14,15)(H,16,20)(H,18,19)/t9-,12?/m0/s1. The number of carbonyl (C=O) groups excluding carboxylic acids is 1. The number of nitrogens with one attached hydrogen (secondary N) is 2. The first-order valence-corrected chi connectivity index (χ1v) is 7.29. The van der Waals surface area contributed by atoms with Gasteiger partial charge in [0.2, 0.25) is 0 Å². The summed E-state index contributed by atoms with van der Waals surface area (Å²) in [6.45, 7) is 0.286. The molecule has 0 saturated carbocycles. The fourth-order valence-corrected chi connectivity index (χ4v) is 2.24. The first-order valence-electron chi connectivity index (χ1n) is 6.66. The third-order valence-electron chi connectivity index (χ3n) is 3.22. The van der Waals surface area contributed by atoms with Gasteiger partial charge in [-0.3, -0.25) is 4.79 Å². The molecule has 0 radical (unpaired) electrons. The van der Waals surface area contributed by atoms with E-state index in [0.717, 1.165) is 0 Å². The number of nitrogens with zero attached hydrogens (tertiary/aromatic N) is 2. The highest BCUT2D eigenvalue weighted by atomic mass is 32.1. The van der Waals surface area contributed by atoms with E-state index in [-0.39, 0.29) is 25.1 Å². The van der Waals surface area contributed by atoms with E-state index < -0.39 is 23.5 Å². The van der Waals surface area contributed by atoms with E-state index in [4.69, 9.17) is 5.73 Å². The van der Waals surface area contributed by atoms with Crippen molar-refractivity contribution in [2.75, 3.05) is 12.3 Å². The van der Waals surface area contributed by atoms with Crippen molar-refractivity contribution in [3.05, 3.63) is 23.1 Å². The maximum Gasteiger partial charge on any atom is 0.326 e. The molecule has 10 heteroatoms. The maximum atomic E-state index is 12.3. The van der Waals surface area contributed by atoms with Gasteiger partial charge in [0.1, 0.15) is 6.04 Å². The second-order valence-electron chi connectivity index (χ2n) is 4.80. The van der Waals surface area contributed by atoms with Crippen molar-refractivity contribution < 1.29 is 14.7 Å². The molecule has 9 nitrogen and oxygen atoms in total. The molecule has 0 aromatic carbocycles. The number of hydrogen-bond acceptors (Lipinski definition) is 7. The fraction of sp³-hybridized carbons (Fsp3) is 0.583. The highest BCUT2D eigenvalue weighted by Gasteiger charge is 2.40. The van der Waals surface area contributed by atoms with Gasteiger partial charge in [-0.1, -0.05) is 5.18 Å². The van der Waals surface area contributed by atoms with Crippen molar-refractivity contribution in [2.24, 2.45) is 10.9 Å². The predicted octanol–water partition coefficient (Wildman–Crippen LogP) is -0.305. The minimum absolute atomic E-state index is 0.0109. The molecule has 1 heterocycles. The molecule has 1 aromatic heterocycles. The van der Waals surface area contributed by atoms with E-state index in [1.54, 1.807) is 0 Å². The Morgan fingerprint density at radius 2 is 2.32 bits per heavy atom. The summed E-state index contributed by atoms with van der Waals surface area (Å²) in [5.41, 5.74) is 4.23. The Morgan fingerprint density at radius 3 is 2.77 bits per heavy atom. The molecule has 1 aromatic rings. The second kappa shape index (κ2) is 8.49. The van der Waals surface area contributed by atoms with E-state index in [1.165, 1.54) is 12.5 Å². The van der Waals surface area contributed by atoms with Crippen LogP contribution in [0.3, 0.4) is 0 Å². The normalized spacial score (nSPS) is 14.8. The Labute approximate surface area is 132 Å². The smallest absolute Gasteiger partial charge is 0.326 e. The predicted molar refractivity (Wildman–Crippen MR) is 82.5 cm³/mol. The quantitative estimate of drug-likeness (QED) is 0.293. The van der Waals surface area contributed by atoms with Crippen molar-refractivity contribution in [3.8, 4) is 0 Å². The summed E-state index contributed by atoms with van der Waals surface area (Å²) in [6, 6.07) is -1.21. The highest BCUT2D eigenvalue weighted by molar-refractivity contribution is 7.80. The molecule has 0 fully saturated rings. The maximum absolute atomic E-state index is 12.3. The van der Waals surface area contributed by atoms with Crippen molar-refractivity contribution in [1.29, 1.82) is 0 Å². The van der Waals surface area contributed by atoms with Crippen LogP contribution in [-0.2, 0) is 16.0 Å². The summed E-state index contributed by atoms with van der Waals surface area (Å²) >= 11 is 4.00. The monoisotopic (exact) mass is 329 g/mol. The minimum Gasteiger partial charge on any atom is -0.480 e. The summed E-state index contributed by atoms with van der Waals surface area (Å²) in [7, 11) is 0. The Kier molecular flexibility index (Phi) is 6.99. The van der Waals surface area contributed by atoms with Crippen LogP contribution in [0.5, 0.6) is 0 Å². The van der Waals surface area contributed by atoms with Crippen molar-refractivity contribution in [1.82, 2.24) is 15.3 Å². The van der Waals surface area contributed by atoms with E-state index >= 15 is 0 Å². The zero-order valence-electron chi connectivity index (χ0n) is 11.9. The molecule has 1 unspecified atom stereocenters. The molecule has 22 heavy (non-hydrogen) atoms. The average molecular weight is 329 g/mol. The SMILES string of the molecule is NCCCC(CS)(N=O)C(=O)N[C@@H](Cc1c[nH]cn1)C(=O)O. The van der Waals surface area contributed by atoms with Gasteiger partial charge in [-0.15, -0.1) is 4.91 Å². The number of aliphatic carboxylic acids is 1. The van der Waals surface area contributed by atoms with Gasteiger partial charge in [0.15, 0.2) is 5.54 Å². The molecule has 0 spiro atoms. The van der Waals surface area contributed by atoms with Crippen LogP contribution in [0.25, 0.3) is 0 Å². The lowest BCUT2D eigenvalue weighted by molar-refractivity contribution is -0.142. The van der Waals surface area contributed by atoms with E-state index in [1.807, 2.05) is 0 Å². The summed E-state index contributed by atoms with van der Waals surface area (Å²) in [4.78, 5) is 41.3. The molecule has 1 rings (SSSR count). The van der Waals surface area contributed by atoms with E-state index in [2.05, 4.69) is 33.1 Å². The third-order valence-corrected chi connectivity index (χ3v) is 3.75. The summed E-state index contributed by atoms with van der Waals surface area (Å²) in [6.07, 6.45) is 3.43. The lowest BCUT2D eigenvalue weighted by Gasteiger charge is -2.25. The number of aromatic amines is 1. The first-order chi connectivity index (χ1) is 10.5. The molecule has 0 bridgehead atoms. The molecule has 122 valence electrons. The number of carbonyl (C=O) groups is 2. The lowest BCUT2D eigenvalue weighted by Crippen LogP contribution is -2.53. The number of thiol groups is 1. The molecule has 1 amide bonds. The molecule has 0 saturated heterocycles. The number of rotatable bonds is 10. The van der Waals surface area contributed by atoms with Crippen LogP contribution in [0.4, 0.5) is 0 Å². The van der Waals surface area contributed by atoms with Crippen molar-refractivity contribution in [3.63, 3.8) is 0 Å². The van der Waals surface area contributed by atoms with Crippen LogP contribution in [0, 0.1) is 4.91 Å². The first kappa shape index (κ1) is 18.1. The van der Waals surface area contributed by atoms with Gasteiger partial charge in [-0.05, 0) is 19.4 Å². The zero-order chi connectivity index (χ0) is 16.6. The molecular formula is C12H19N5O4S. The number of aromatic nitrogens is 2. The number of carboxylic acid groups (broad SMARTS) is 1. The Bertz CT molecular complexity index is 510. The Balaban J connectivity index is 2.83. The Morgan fingerprint density at radius 1 is 1.59 bits per heavy atom. The van der Waals surface area contributed by atoms with Gasteiger partial charge in [0.25, 0.3) is 5.91 Å². The van der Waals surface area contributed by atoms with Gasteiger partial charge < -0.3 is 21.1 Å². The number of hydrogen-bond donors (Lipinski definition) is 5. The average Bonchev–Trinajstić information content (AvgIpc) is 3.01. The third kappa shape index (κ3) is 4.53. The minimum atomic E-state index is -1.62. The summed E-state index contributed by atoms with van der Waals surface area (Å²) < 4.78 is 0. The fourth-order valence-electron chi connectivity index (χ4n) is 1.88. The number of amides is 1. The van der Waals surface area contributed by atoms with Crippen molar-refractivity contribution in [2.45, 2.75) is 30.8 Å².